The van der Waals surface area contributed by atoms with Crippen LogP contribution >= 0.6 is 0 Å². The molecule has 130 valence electrons. The van der Waals surface area contributed by atoms with Gasteiger partial charge in [-0.25, -0.2) is 9.78 Å². The van der Waals surface area contributed by atoms with Crippen LogP contribution in [0.2, 0.25) is 0 Å². The molecule has 25 heavy (non-hydrogen) atoms. The Balaban J connectivity index is 1.71. The molecule has 0 fully saturated rings. The molecule has 2 aromatic rings. The van der Waals surface area contributed by atoms with Gasteiger partial charge in [0.1, 0.15) is 18.0 Å². The van der Waals surface area contributed by atoms with E-state index in [1.807, 2.05) is 31.2 Å². The molecule has 3 rings (SSSR count). The number of carboxylic acids is 1. The van der Waals surface area contributed by atoms with Gasteiger partial charge in [0.25, 0.3) is 5.91 Å². The standard InChI is InChI=1S/C18H18N2O5/c1-2-20(17(21)13-6-5-7-14(19-13)18(22)23)10-12-11-24-15-8-3-4-9-16(15)25-12/h3-9,12H,2,10-11H2,1H3,(H,22,23)/t12-/m1/s1. The zero-order valence-corrected chi connectivity index (χ0v) is 13.7. The number of hydrogen-bond acceptors (Lipinski definition) is 5. The third kappa shape index (κ3) is 3.71. The molecule has 1 aliphatic heterocycles. The van der Waals surface area contributed by atoms with E-state index in [-0.39, 0.29) is 23.4 Å². The Kier molecular flexibility index (Phi) is 4.83. The predicted octanol–water partition coefficient (Wildman–Crippen LogP) is 2.08. The smallest absolute Gasteiger partial charge is 0.354 e. The third-order valence-corrected chi connectivity index (χ3v) is 3.85. The number of nitrogens with zero attached hydrogens (tertiary/aromatic N) is 2. The highest BCUT2D eigenvalue weighted by molar-refractivity contribution is 5.94. The summed E-state index contributed by atoms with van der Waals surface area (Å²) in [6.45, 7) is 2.95. The van der Waals surface area contributed by atoms with Crippen LogP contribution in [0.25, 0.3) is 0 Å². The summed E-state index contributed by atoms with van der Waals surface area (Å²) in [7, 11) is 0. The number of ether oxygens (including phenoxy) is 2. The molecule has 1 amide bonds. The number of benzene rings is 1. The summed E-state index contributed by atoms with van der Waals surface area (Å²) in [6.07, 6.45) is -0.304. The molecule has 0 radical (unpaired) electrons. The van der Waals surface area contributed by atoms with Gasteiger partial charge in [-0.1, -0.05) is 18.2 Å². The van der Waals surface area contributed by atoms with Crippen molar-refractivity contribution in [1.29, 1.82) is 0 Å². The molecule has 1 aliphatic rings. The van der Waals surface area contributed by atoms with E-state index in [2.05, 4.69) is 4.98 Å². The Labute approximate surface area is 144 Å². The van der Waals surface area contributed by atoms with Gasteiger partial charge in [0.15, 0.2) is 17.6 Å². The highest BCUT2D eigenvalue weighted by Crippen LogP contribution is 2.31. The van der Waals surface area contributed by atoms with E-state index in [9.17, 15) is 9.59 Å². The number of amides is 1. The molecular weight excluding hydrogens is 324 g/mol. The molecule has 0 aliphatic carbocycles. The van der Waals surface area contributed by atoms with Crippen LogP contribution in [0.1, 0.15) is 27.9 Å². The first-order chi connectivity index (χ1) is 12.1. The lowest BCUT2D eigenvalue weighted by Crippen LogP contribution is -2.43. The van der Waals surface area contributed by atoms with Crippen LogP contribution in [0.3, 0.4) is 0 Å². The lowest BCUT2D eigenvalue weighted by molar-refractivity contribution is 0.0471. The Morgan fingerprint density at radius 2 is 1.88 bits per heavy atom. The van der Waals surface area contributed by atoms with Crippen LogP contribution in [-0.2, 0) is 0 Å². The summed E-state index contributed by atoms with van der Waals surface area (Å²) >= 11 is 0. The van der Waals surface area contributed by atoms with Crippen molar-refractivity contribution in [3.8, 4) is 11.5 Å². The summed E-state index contributed by atoms with van der Waals surface area (Å²) in [5.41, 5.74) is -0.0630. The Morgan fingerprint density at radius 3 is 2.60 bits per heavy atom. The van der Waals surface area contributed by atoms with Crippen LogP contribution in [-0.4, -0.2) is 52.7 Å². The van der Waals surface area contributed by atoms with Gasteiger partial charge in [0.2, 0.25) is 0 Å². The summed E-state index contributed by atoms with van der Waals surface area (Å²) in [5, 5.41) is 9.02. The number of aromatic nitrogens is 1. The average molecular weight is 342 g/mol. The van der Waals surface area contributed by atoms with Gasteiger partial charge in [0, 0.05) is 6.54 Å². The number of likely N-dealkylation sites (N-methyl/N-ethyl adjacent to an activating group) is 1. The number of hydrogen-bond donors (Lipinski definition) is 1. The van der Waals surface area contributed by atoms with Gasteiger partial charge in [-0.3, -0.25) is 4.79 Å². The fourth-order valence-electron chi connectivity index (χ4n) is 2.59. The summed E-state index contributed by atoms with van der Waals surface area (Å²) in [5.74, 6) is -0.177. The molecule has 1 aromatic heterocycles. The number of rotatable bonds is 5. The summed E-state index contributed by atoms with van der Waals surface area (Å²) in [6, 6.07) is 11.7. The van der Waals surface area contributed by atoms with E-state index in [0.29, 0.717) is 31.2 Å². The second-order valence-electron chi connectivity index (χ2n) is 5.55. The van der Waals surface area contributed by atoms with Gasteiger partial charge in [-0.15, -0.1) is 0 Å². The maximum atomic E-state index is 12.6. The zero-order chi connectivity index (χ0) is 17.8. The van der Waals surface area contributed by atoms with E-state index in [4.69, 9.17) is 14.6 Å². The first-order valence-corrected chi connectivity index (χ1v) is 7.96. The number of carbonyl (C=O) groups excluding carboxylic acids is 1. The third-order valence-electron chi connectivity index (χ3n) is 3.85. The minimum atomic E-state index is -1.17. The topological polar surface area (TPSA) is 89.0 Å². The number of carboxylic acid groups (broad SMARTS) is 1. The summed E-state index contributed by atoms with van der Waals surface area (Å²) < 4.78 is 11.5. The first-order valence-electron chi connectivity index (χ1n) is 7.96. The number of fused-ring (bicyclic) bond motifs is 1. The van der Waals surface area contributed by atoms with Gasteiger partial charge >= 0.3 is 5.97 Å². The van der Waals surface area contributed by atoms with Crippen molar-refractivity contribution in [2.45, 2.75) is 13.0 Å². The Morgan fingerprint density at radius 1 is 1.16 bits per heavy atom. The minimum Gasteiger partial charge on any atom is -0.486 e. The lowest BCUT2D eigenvalue weighted by Gasteiger charge is -2.30. The van der Waals surface area contributed by atoms with Crippen LogP contribution in [0, 0.1) is 0 Å². The van der Waals surface area contributed by atoms with Gasteiger partial charge in [-0.05, 0) is 31.2 Å². The fourth-order valence-corrected chi connectivity index (χ4v) is 2.59. The maximum Gasteiger partial charge on any atom is 0.354 e. The van der Waals surface area contributed by atoms with Crippen molar-refractivity contribution < 1.29 is 24.2 Å². The molecule has 1 atom stereocenters. The number of para-hydroxylation sites is 2. The predicted molar refractivity (Wildman–Crippen MR) is 89.1 cm³/mol. The van der Waals surface area contributed by atoms with E-state index >= 15 is 0 Å². The molecule has 1 N–H and O–H groups in total. The van der Waals surface area contributed by atoms with Crippen molar-refractivity contribution in [2.75, 3.05) is 19.7 Å². The molecule has 1 aromatic carbocycles. The van der Waals surface area contributed by atoms with Gasteiger partial charge in [-0.2, -0.15) is 0 Å². The van der Waals surface area contributed by atoms with Crippen molar-refractivity contribution in [3.63, 3.8) is 0 Å². The van der Waals surface area contributed by atoms with Gasteiger partial charge in [0.05, 0.1) is 6.54 Å². The average Bonchev–Trinajstić information content (AvgIpc) is 2.65. The molecule has 0 unspecified atom stereocenters. The van der Waals surface area contributed by atoms with Crippen molar-refractivity contribution in [1.82, 2.24) is 9.88 Å². The molecule has 0 bridgehead atoms. The number of carbonyl (C=O) groups is 2. The number of pyridine rings is 1. The maximum absolute atomic E-state index is 12.6. The van der Waals surface area contributed by atoms with Crippen molar-refractivity contribution >= 4 is 11.9 Å². The Bertz CT molecular complexity index is 793. The quantitative estimate of drug-likeness (QED) is 0.895. The van der Waals surface area contributed by atoms with E-state index in [1.54, 1.807) is 4.90 Å². The molecule has 7 nitrogen and oxygen atoms in total. The van der Waals surface area contributed by atoms with Crippen molar-refractivity contribution in [2.24, 2.45) is 0 Å². The molecule has 2 heterocycles. The van der Waals surface area contributed by atoms with Crippen molar-refractivity contribution in [3.05, 3.63) is 53.9 Å². The lowest BCUT2D eigenvalue weighted by atomic mass is 10.2. The van der Waals surface area contributed by atoms with Crippen LogP contribution < -0.4 is 9.47 Å². The summed E-state index contributed by atoms with van der Waals surface area (Å²) in [4.78, 5) is 29.1. The Hall–Kier alpha value is -3.09. The highest BCUT2D eigenvalue weighted by Gasteiger charge is 2.26. The van der Waals surface area contributed by atoms with Crippen LogP contribution in [0.4, 0.5) is 0 Å². The fraction of sp³-hybridized carbons (Fsp3) is 0.278. The second kappa shape index (κ2) is 7.21. The van der Waals surface area contributed by atoms with Crippen LogP contribution in [0.5, 0.6) is 11.5 Å². The molecule has 0 spiro atoms. The normalized spacial score (nSPS) is 15.5. The molecular formula is C18H18N2O5. The van der Waals surface area contributed by atoms with E-state index < -0.39 is 5.97 Å². The van der Waals surface area contributed by atoms with Crippen LogP contribution in [0.15, 0.2) is 42.5 Å². The molecule has 0 saturated heterocycles. The van der Waals surface area contributed by atoms with E-state index in [1.165, 1.54) is 18.2 Å². The molecule has 7 heteroatoms. The molecule has 0 saturated carbocycles. The largest absolute Gasteiger partial charge is 0.486 e. The number of aromatic carboxylic acids is 1. The van der Waals surface area contributed by atoms with E-state index in [0.717, 1.165) is 0 Å². The first kappa shape index (κ1) is 16.8. The van der Waals surface area contributed by atoms with Gasteiger partial charge < -0.3 is 19.5 Å². The second-order valence-corrected chi connectivity index (χ2v) is 5.55. The SMILES string of the molecule is CCN(C[C@@H]1COc2ccccc2O1)C(=O)c1cccc(C(=O)O)n1. The monoisotopic (exact) mass is 342 g/mol. The minimum absolute atomic E-state index is 0.0962. The zero-order valence-electron chi connectivity index (χ0n) is 13.7. The highest BCUT2D eigenvalue weighted by atomic mass is 16.6.